The number of rotatable bonds is 6. The largest absolute Gasteiger partial charge is 0.352 e. The minimum Gasteiger partial charge on any atom is -0.352 e. The molecule has 0 bridgehead atoms. The molecular formula is C17H24N4O2. The molecule has 124 valence electrons. The molecule has 0 aromatic carbocycles. The molecule has 0 unspecified atom stereocenters. The van der Waals surface area contributed by atoms with Crippen LogP contribution < -0.4 is 10.7 Å². The van der Waals surface area contributed by atoms with Crippen LogP contribution >= 0.6 is 0 Å². The quantitative estimate of drug-likeness (QED) is 0.818. The molecule has 6 nitrogen and oxygen atoms in total. The van der Waals surface area contributed by atoms with Crippen LogP contribution in [0.4, 0.5) is 0 Å². The Balaban J connectivity index is 2.30. The summed E-state index contributed by atoms with van der Waals surface area (Å²) >= 11 is 0. The fourth-order valence-corrected chi connectivity index (χ4v) is 2.46. The van der Waals surface area contributed by atoms with Crippen LogP contribution in [0.25, 0.3) is 11.0 Å². The SMILES string of the molecule is CCn1cc(C(=O)NCCCN(C)C)c(=O)c2ccc(C)nc21. The third kappa shape index (κ3) is 3.96. The Kier molecular flexibility index (Phi) is 5.50. The lowest BCUT2D eigenvalue weighted by molar-refractivity contribution is 0.0950. The average molecular weight is 316 g/mol. The number of fused-ring (bicyclic) bond motifs is 1. The number of nitrogens with one attached hydrogen (secondary N) is 1. The van der Waals surface area contributed by atoms with E-state index < -0.39 is 0 Å². The van der Waals surface area contributed by atoms with E-state index in [1.54, 1.807) is 18.3 Å². The van der Waals surface area contributed by atoms with Crippen LogP contribution in [-0.4, -0.2) is 47.5 Å². The van der Waals surface area contributed by atoms with E-state index in [2.05, 4.69) is 15.2 Å². The minimum atomic E-state index is -0.321. The number of hydrogen-bond acceptors (Lipinski definition) is 4. The summed E-state index contributed by atoms with van der Waals surface area (Å²) < 4.78 is 1.85. The standard InChI is InChI=1S/C17H24N4O2/c1-5-21-11-14(17(23)18-9-6-10-20(3)4)15(22)13-8-7-12(2)19-16(13)21/h7-8,11H,5-6,9-10H2,1-4H3,(H,18,23). The first-order valence-corrected chi connectivity index (χ1v) is 7.87. The molecule has 0 saturated heterocycles. The van der Waals surface area contributed by atoms with Gasteiger partial charge in [0, 0.05) is 25.0 Å². The number of carbonyl (C=O) groups is 1. The van der Waals surface area contributed by atoms with Crippen LogP contribution in [0, 0.1) is 6.92 Å². The van der Waals surface area contributed by atoms with Gasteiger partial charge >= 0.3 is 0 Å². The summed E-state index contributed by atoms with van der Waals surface area (Å²) in [4.78, 5) is 31.4. The van der Waals surface area contributed by atoms with Gasteiger partial charge in [0.05, 0.1) is 5.39 Å². The summed E-state index contributed by atoms with van der Waals surface area (Å²) in [6, 6.07) is 3.54. The summed E-state index contributed by atoms with van der Waals surface area (Å²) in [5, 5.41) is 3.31. The molecule has 0 saturated carbocycles. The van der Waals surface area contributed by atoms with Crippen molar-refractivity contribution < 1.29 is 4.79 Å². The van der Waals surface area contributed by atoms with Crippen molar-refractivity contribution in [3.8, 4) is 0 Å². The second kappa shape index (κ2) is 7.37. The van der Waals surface area contributed by atoms with E-state index in [0.29, 0.717) is 24.1 Å². The van der Waals surface area contributed by atoms with E-state index in [9.17, 15) is 9.59 Å². The van der Waals surface area contributed by atoms with Crippen molar-refractivity contribution in [2.24, 2.45) is 0 Å². The van der Waals surface area contributed by atoms with Gasteiger partial charge in [-0.2, -0.15) is 0 Å². The molecule has 23 heavy (non-hydrogen) atoms. The Labute approximate surface area is 136 Å². The highest BCUT2D eigenvalue weighted by Gasteiger charge is 2.15. The first-order valence-electron chi connectivity index (χ1n) is 7.87. The van der Waals surface area contributed by atoms with Crippen LogP contribution in [0.15, 0.2) is 23.1 Å². The number of aryl methyl sites for hydroxylation is 2. The van der Waals surface area contributed by atoms with Crippen LogP contribution in [0.1, 0.15) is 29.4 Å². The molecule has 1 amide bonds. The third-order valence-electron chi connectivity index (χ3n) is 3.71. The lowest BCUT2D eigenvalue weighted by atomic mass is 10.1. The van der Waals surface area contributed by atoms with Crippen LogP contribution in [0.3, 0.4) is 0 Å². The van der Waals surface area contributed by atoms with Gasteiger partial charge in [-0.1, -0.05) is 0 Å². The monoisotopic (exact) mass is 316 g/mol. The van der Waals surface area contributed by atoms with Crippen molar-refractivity contribution in [1.82, 2.24) is 19.8 Å². The number of carbonyl (C=O) groups excluding carboxylic acids is 1. The van der Waals surface area contributed by atoms with Crippen LogP contribution in [0.5, 0.6) is 0 Å². The molecule has 2 rings (SSSR count). The maximum atomic E-state index is 12.6. The van der Waals surface area contributed by atoms with Crippen molar-refractivity contribution in [1.29, 1.82) is 0 Å². The first-order chi connectivity index (χ1) is 10.9. The number of nitrogens with zero attached hydrogens (tertiary/aromatic N) is 3. The maximum Gasteiger partial charge on any atom is 0.256 e. The van der Waals surface area contributed by atoms with Gasteiger partial charge in [-0.25, -0.2) is 4.98 Å². The lowest BCUT2D eigenvalue weighted by Crippen LogP contribution is -2.32. The van der Waals surface area contributed by atoms with Gasteiger partial charge in [0.25, 0.3) is 5.91 Å². The molecule has 6 heteroatoms. The highest BCUT2D eigenvalue weighted by Crippen LogP contribution is 2.11. The molecule has 0 aliphatic carbocycles. The molecule has 0 atom stereocenters. The summed E-state index contributed by atoms with van der Waals surface area (Å²) in [5.74, 6) is -0.321. The number of amides is 1. The zero-order chi connectivity index (χ0) is 17.0. The predicted molar refractivity (Wildman–Crippen MR) is 91.9 cm³/mol. The van der Waals surface area contributed by atoms with Crippen LogP contribution in [-0.2, 0) is 6.54 Å². The highest BCUT2D eigenvalue weighted by atomic mass is 16.2. The van der Waals surface area contributed by atoms with Crippen molar-refractivity contribution in [3.63, 3.8) is 0 Å². The number of aromatic nitrogens is 2. The minimum absolute atomic E-state index is 0.176. The van der Waals surface area contributed by atoms with E-state index in [1.165, 1.54) is 0 Å². The van der Waals surface area contributed by atoms with Gasteiger partial charge in [0.2, 0.25) is 5.43 Å². The van der Waals surface area contributed by atoms with Gasteiger partial charge in [-0.3, -0.25) is 9.59 Å². The first kappa shape index (κ1) is 17.1. The van der Waals surface area contributed by atoms with Gasteiger partial charge < -0.3 is 14.8 Å². The summed E-state index contributed by atoms with van der Waals surface area (Å²) in [6.45, 7) is 5.93. The molecule has 2 heterocycles. The average Bonchev–Trinajstić information content (AvgIpc) is 2.51. The second-order valence-corrected chi connectivity index (χ2v) is 5.89. The van der Waals surface area contributed by atoms with Crippen molar-refractivity contribution >= 4 is 16.9 Å². The summed E-state index contributed by atoms with van der Waals surface area (Å²) in [5.41, 5.74) is 1.39. The topological polar surface area (TPSA) is 67.2 Å². The number of hydrogen-bond donors (Lipinski definition) is 1. The van der Waals surface area contributed by atoms with Gasteiger partial charge in [-0.15, -0.1) is 0 Å². The molecule has 0 aliphatic heterocycles. The van der Waals surface area contributed by atoms with Gasteiger partial charge in [0.1, 0.15) is 11.2 Å². The highest BCUT2D eigenvalue weighted by molar-refractivity contribution is 5.96. The zero-order valence-corrected chi connectivity index (χ0v) is 14.2. The second-order valence-electron chi connectivity index (χ2n) is 5.89. The molecule has 0 fully saturated rings. The Morgan fingerprint density at radius 2 is 2.09 bits per heavy atom. The van der Waals surface area contributed by atoms with Gasteiger partial charge in [0.15, 0.2) is 0 Å². The van der Waals surface area contributed by atoms with Crippen LogP contribution in [0.2, 0.25) is 0 Å². The maximum absolute atomic E-state index is 12.6. The molecule has 2 aromatic rings. The Morgan fingerprint density at radius 3 is 2.74 bits per heavy atom. The lowest BCUT2D eigenvalue weighted by Gasteiger charge is -2.12. The molecule has 0 radical (unpaired) electrons. The van der Waals surface area contributed by atoms with Crippen molar-refractivity contribution in [2.75, 3.05) is 27.2 Å². The molecule has 2 aromatic heterocycles. The predicted octanol–water partition coefficient (Wildman–Crippen LogP) is 1.41. The molecule has 0 aliphatic rings. The van der Waals surface area contributed by atoms with E-state index in [-0.39, 0.29) is 16.9 Å². The Hall–Kier alpha value is -2.21. The third-order valence-corrected chi connectivity index (χ3v) is 3.71. The van der Waals surface area contributed by atoms with E-state index in [0.717, 1.165) is 18.7 Å². The molecule has 1 N–H and O–H groups in total. The normalized spacial score (nSPS) is 11.2. The molecular weight excluding hydrogens is 292 g/mol. The van der Waals surface area contributed by atoms with E-state index in [1.807, 2.05) is 32.5 Å². The summed E-state index contributed by atoms with van der Waals surface area (Å²) in [6.07, 6.45) is 2.45. The molecule has 0 spiro atoms. The van der Waals surface area contributed by atoms with E-state index >= 15 is 0 Å². The fourth-order valence-electron chi connectivity index (χ4n) is 2.46. The summed E-state index contributed by atoms with van der Waals surface area (Å²) in [7, 11) is 3.97. The van der Waals surface area contributed by atoms with Crippen molar-refractivity contribution in [3.05, 3.63) is 39.8 Å². The van der Waals surface area contributed by atoms with Crippen molar-refractivity contribution in [2.45, 2.75) is 26.8 Å². The van der Waals surface area contributed by atoms with Gasteiger partial charge in [-0.05, 0) is 53.0 Å². The Bertz CT molecular complexity index is 765. The zero-order valence-electron chi connectivity index (χ0n) is 14.2. The Morgan fingerprint density at radius 1 is 1.35 bits per heavy atom. The van der Waals surface area contributed by atoms with E-state index in [4.69, 9.17) is 0 Å². The number of pyridine rings is 2. The fraction of sp³-hybridized carbons (Fsp3) is 0.471. The smallest absolute Gasteiger partial charge is 0.256 e.